The first kappa shape index (κ1) is 10.5. The second-order valence-corrected chi connectivity index (χ2v) is 3.73. The largest absolute Gasteiger partial charge is 0.481 e. The Bertz CT molecular complexity index is 469. The molecular formula is C13H15N2O+. The first-order valence-corrected chi connectivity index (χ1v) is 5.20. The van der Waals surface area contributed by atoms with E-state index in [1.54, 1.807) is 0 Å². The molecule has 0 atom stereocenters. The van der Waals surface area contributed by atoms with Gasteiger partial charge in [0.05, 0.1) is 6.20 Å². The van der Waals surface area contributed by atoms with E-state index in [-0.39, 0.29) is 0 Å². The van der Waals surface area contributed by atoms with E-state index in [1.165, 1.54) is 0 Å². The Morgan fingerprint density at radius 1 is 1.25 bits per heavy atom. The van der Waals surface area contributed by atoms with E-state index in [1.807, 2.05) is 49.5 Å². The highest BCUT2D eigenvalue weighted by Gasteiger charge is 2.06. The summed E-state index contributed by atoms with van der Waals surface area (Å²) in [5.74, 6) is 1.25. The van der Waals surface area contributed by atoms with Gasteiger partial charge in [0, 0.05) is 0 Å². The van der Waals surface area contributed by atoms with Gasteiger partial charge in [-0.05, 0) is 24.1 Å². The molecule has 0 bridgehead atoms. The van der Waals surface area contributed by atoms with Gasteiger partial charge in [0.15, 0.2) is 0 Å². The Morgan fingerprint density at radius 2 is 2.00 bits per heavy atom. The van der Waals surface area contributed by atoms with Crippen LogP contribution in [-0.2, 0) is 6.61 Å². The molecule has 0 unspecified atom stereocenters. The molecule has 3 nitrogen and oxygen atoms in total. The second kappa shape index (κ2) is 4.66. The predicted molar refractivity (Wildman–Crippen MR) is 62.9 cm³/mol. The zero-order chi connectivity index (χ0) is 11.4. The molecule has 2 aromatic rings. The van der Waals surface area contributed by atoms with E-state index >= 15 is 0 Å². The fourth-order valence-corrected chi connectivity index (χ4v) is 1.44. The van der Waals surface area contributed by atoms with Crippen LogP contribution in [0.5, 0.6) is 5.75 Å². The number of H-pyrrole nitrogens is 1. The molecule has 82 valence electrons. The van der Waals surface area contributed by atoms with Crippen LogP contribution in [0.1, 0.15) is 11.1 Å². The van der Waals surface area contributed by atoms with Crippen molar-refractivity contribution >= 4 is 5.82 Å². The van der Waals surface area contributed by atoms with Gasteiger partial charge in [-0.1, -0.05) is 30.3 Å². The molecule has 0 radical (unpaired) electrons. The quantitative estimate of drug-likeness (QED) is 0.851. The molecule has 3 heteroatoms. The lowest BCUT2D eigenvalue weighted by Crippen LogP contribution is -2.12. The van der Waals surface area contributed by atoms with Crippen molar-refractivity contribution in [3.8, 4) is 5.75 Å². The number of anilines is 1. The number of ether oxygens (including phenoxy) is 1. The topological polar surface area (TPSA) is 49.4 Å². The van der Waals surface area contributed by atoms with Crippen LogP contribution in [0, 0.1) is 6.92 Å². The molecule has 0 saturated heterocycles. The third-order valence-corrected chi connectivity index (χ3v) is 2.32. The lowest BCUT2D eigenvalue weighted by molar-refractivity contribution is -0.361. The van der Waals surface area contributed by atoms with Gasteiger partial charge in [0.25, 0.3) is 0 Å². The summed E-state index contributed by atoms with van der Waals surface area (Å²) < 4.78 is 5.65. The Morgan fingerprint density at radius 3 is 2.75 bits per heavy atom. The van der Waals surface area contributed by atoms with Crippen LogP contribution in [0.3, 0.4) is 0 Å². The number of aromatic amines is 1. The number of nitrogens with two attached hydrogens (primary N) is 1. The molecule has 0 spiro atoms. The first-order chi connectivity index (χ1) is 7.75. The van der Waals surface area contributed by atoms with Crippen molar-refractivity contribution in [2.45, 2.75) is 13.5 Å². The third-order valence-electron chi connectivity index (χ3n) is 2.32. The summed E-state index contributed by atoms with van der Waals surface area (Å²) in [4.78, 5) is 2.96. The molecule has 1 aromatic carbocycles. The summed E-state index contributed by atoms with van der Waals surface area (Å²) in [5.41, 5.74) is 8.00. The molecular weight excluding hydrogens is 200 g/mol. The van der Waals surface area contributed by atoms with E-state index in [4.69, 9.17) is 10.5 Å². The van der Waals surface area contributed by atoms with Crippen molar-refractivity contribution in [3.05, 3.63) is 53.7 Å². The molecule has 0 fully saturated rings. The SMILES string of the molecule is Cc1c[nH+]c(N)c(OCc2ccccc2)c1. The molecule has 16 heavy (non-hydrogen) atoms. The van der Waals surface area contributed by atoms with Crippen molar-refractivity contribution in [2.24, 2.45) is 0 Å². The second-order valence-electron chi connectivity index (χ2n) is 3.73. The Hall–Kier alpha value is -2.03. The van der Waals surface area contributed by atoms with Gasteiger partial charge in [-0.25, -0.2) is 4.98 Å². The average molecular weight is 215 g/mol. The molecule has 1 aromatic heterocycles. The third kappa shape index (κ3) is 2.51. The minimum Gasteiger partial charge on any atom is -0.481 e. The zero-order valence-electron chi connectivity index (χ0n) is 9.23. The fraction of sp³-hybridized carbons (Fsp3) is 0.154. The van der Waals surface area contributed by atoms with Crippen LogP contribution in [0.25, 0.3) is 0 Å². The molecule has 2 rings (SSSR count). The number of aromatic nitrogens is 1. The van der Waals surface area contributed by atoms with Crippen LogP contribution in [0.2, 0.25) is 0 Å². The highest BCUT2D eigenvalue weighted by atomic mass is 16.5. The highest BCUT2D eigenvalue weighted by molar-refractivity contribution is 5.42. The highest BCUT2D eigenvalue weighted by Crippen LogP contribution is 2.18. The molecule has 0 amide bonds. The number of aryl methyl sites for hydroxylation is 1. The maximum Gasteiger partial charge on any atom is 0.313 e. The van der Waals surface area contributed by atoms with E-state index < -0.39 is 0 Å². The van der Waals surface area contributed by atoms with E-state index in [0.717, 1.165) is 11.1 Å². The maximum absolute atomic E-state index is 5.77. The van der Waals surface area contributed by atoms with E-state index in [9.17, 15) is 0 Å². The summed E-state index contributed by atoms with van der Waals surface area (Å²) in [6, 6.07) is 11.9. The molecule has 0 aliphatic rings. The van der Waals surface area contributed by atoms with Crippen LogP contribution >= 0.6 is 0 Å². The minimum absolute atomic E-state index is 0.530. The Balaban J connectivity index is 2.08. The normalized spacial score (nSPS) is 10.1. The van der Waals surface area contributed by atoms with E-state index in [0.29, 0.717) is 18.2 Å². The zero-order valence-corrected chi connectivity index (χ0v) is 9.23. The molecule has 0 aliphatic carbocycles. The van der Waals surface area contributed by atoms with Gasteiger partial charge in [0.1, 0.15) is 6.61 Å². The van der Waals surface area contributed by atoms with Crippen LogP contribution in [0.4, 0.5) is 5.82 Å². The smallest absolute Gasteiger partial charge is 0.313 e. The molecule has 3 N–H and O–H groups in total. The van der Waals surface area contributed by atoms with Gasteiger partial charge >= 0.3 is 5.82 Å². The monoisotopic (exact) mass is 215 g/mol. The molecule has 0 saturated carbocycles. The lowest BCUT2D eigenvalue weighted by Gasteiger charge is -2.06. The summed E-state index contributed by atoms with van der Waals surface area (Å²) in [7, 11) is 0. The van der Waals surface area contributed by atoms with Gasteiger partial charge in [-0.2, -0.15) is 0 Å². The minimum atomic E-state index is 0.530. The summed E-state index contributed by atoms with van der Waals surface area (Å²) in [6.07, 6.45) is 1.85. The summed E-state index contributed by atoms with van der Waals surface area (Å²) in [6.45, 7) is 2.52. The summed E-state index contributed by atoms with van der Waals surface area (Å²) in [5, 5.41) is 0. The Kier molecular flexibility index (Phi) is 3.05. The number of nitrogen functional groups attached to an aromatic ring is 1. The van der Waals surface area contributed by atoms with Crippen LogP contribution in [-0.4, -0.2) is 0 Å². The fourth-order valence-electron chi connectivity index (χ4n) is 1.44. The number of hydrogen-bond donors (Lipinski definition) is 1. The van der Waals surface area contributed by atoms with Crippen LogP contribution in [0.15, 0.2) is 42.6 Å². The van der Waals surface area contributed by atoms with Crippen molar-refractivity contribution in [1.29, 1.82) is 0 Å². The molecule has 0 aliphatic heterocycles. The molecule has 1 heterocycles. The van der Waals surface area contributed by atoms with Crippen molar-refractivity contribution in [2.75, 3.05) is 5.73 Å². The van der Waals surface area contributed by atoms with Gasteiger partial charge in [0.2, 0.25) is 5.75 Å². The van der Waals surface area contributed by atoms with Crippen LogP contribution < -0.4 is 15.5 Å². The standard InChI is InChI=1S/C13H14N2O/c1-10-7-12(13(14)15-8-10)16-9-11-5-3-2-4-6-11/h2-8H,9H2,1H3,(H2,14,15)/p+1. The average Bonchev–Trinajstić information content (AvgIpc) is 2.32. The van der Waals surface area contributed by atoms with Gasteiger partial charge < -0.3 is 4.74 Å². The lowest BCUT2D eigenvalue weighted by atomic mass is 10.2. The first-order valence-electron chi connectivity index (χ1n) is 5.20. The number of pyridine rings is 1. The van der Waals surface area contributed by atoms with Gasteiger partial charge in [-0.15, -0.1) is 0 Å². The number of rotatable bonds is 3. The Labute approximate surface area is 94.9 Å². The predicted octanol–water partition coefficient (Wildman–Crippen LogP) is 1.97. The van der Waals surface area contributed by atoms with Crippen molar-refractivity contribution in [1.82, 2.24) is 0 Å². The number of nitrogens with one attached hydrogen (secondary N) is 1. The number of hydrogen-bond acceptors (Lipinski definition) is 2. The van der Waals surface area contributed by atoms with Gasteiger partial charge in [-0.3, -0.25) is 5.73 Å². The van der Waals surface area contributed by atoms with Crippen molar-refractivity contribution < 1.29 is 9.72 Å². The van der Waals surface area contributed by atoms with Crippen molar-refractivity contribution in [3.63, 3.8) is 0 Å². The van der Waals surface area contributed by atoms with E-state index in [2.05, 4.69) is 4.98 Å². The summed E-state index contributed by atoms with van der Waals surface area (Å²) >= 11 is 0. The number of benzene rings is 1. The maximum atomic E-state index is 5.77.